The molecule has 4 nitrogen and oxygen atoms in total. The lowest BCUT2D eigenvalue weighted by molar-refractivity contribution is -0.138. The molecule has 0 fully saturated rings. The maximum Gasteiger partial charge on any atom is 0.317 e. The van der Waals surface area contributed by atoms with E-state index >= 15 is 0 Å². The van der Waals surface area contributed by atoms with Crippen molar-refractivity contribution < 1.29 is 15.0 Å². The molecule has 1 rings (SSSR count). The van der Waals surface area contributed by atoms with E-state index in [1.54, 1.807) is 24.1 Å². The van der Waals surface area contributed by atoms with Crippen LogP contribution in [0.3, 0.4) is 0 Å². The summed E-state index contributed by atoms with van der Waals surface area (Å²) < 4.78 is 0. The zero-order valence-corrected chi connectivity index (χ0v) is 10.6. The number of likely N-dealkylation sites (N-methyl/N-ethyl adjacent to an activating group) is 1. The van der Waals surface area contributed by atoms with E-state index in [4.69, 9.17) is 16.7 Å². The Hall–Kier alpha value is -1.10. The molecule has 0 bridgehead atoms. The number of aliphatic carboxylic acids is 1. The highest BCUT2D eigenvalue weighted by Gasteiger charge is 2.13. The van der Waals surface area contributed by atoms with Gasteiger partial charge in [-0.3, -0.25) is 9.69 Å². The summed E-state index contributed by atoms with van der Waals surface area (Å²) in [6.45, 7) is 2.04. The highest BCUT2D eigenvalue weighted by Crippen LogP contribution is 2.21. The number of carboxylic acid groups (broad SMARTS) is 1. The van der Waals surface area contributed by atoms with Crippen LogP contribution in [0, 0.1) is 6.92 Å². The van der Waals surface area contributed by atoms with Gasteiger partial charge in [-0.25, -0.2) is 0 Å². The van der Waals surface area contributed by atoms with Gasteiger partial charge in [-0.2, -0.15) is 0 Å². The largest absolute Gasteiger partial charge is 0.480 e. The predicted molar refractivity (Wildman–Crippen MR) is 66.3 cm³/mol. The molecule has 1 aromatic carbocycles. The van der Waals surface area contributed by atoms with Crippen molar-refractivity contribution in [2.45, 2.75) is 13.0 Å². The maximum absolute atomic E-state index is 10.5. The predicted octanol–water partition coefficient (Wildman–Crippen LogP) is 1.70. The quantitative estimate of drug-likeness (QED) is 0.843. The van der Waals surface area contributed by atoms with Crippen LogP contribution in [-0.2, 0) is 4.79 Å². The van der Waals surface area contributed by atoms with Crippen molar-refractivity contribution in [1.82, 2.24) is 4.90 Å². The number of aliphatic hydroxyl groups excluding tert-OH is 1. The zero-order valence-electron chi connectivity index (χ0n) is 9.85. The van der Waals surface area contributed by atoms with Crippen LogP contribution in [0.15, 0.2) is 18.2 Å². The molecule has 0 saturated carbocycles. The molecule has 1 unspecified atom stereocenters. The first-order valence-electron chi connectivity index (χ1n) is 5.24. The minimum atomic E-state index is -0.910. The smallest absolute Gasteiger partial charge is 0.317 e. The molecule has 0 amide bonds. The molecule has 0 aliphatic rings. The van der Waals surface area contributed by atoms with Crippen molar-refractivity contribution in [1.29, 1.82) is 0 Å². The van der Waals surface area contributed by atoms with Crippen LogP contribution < -0.4 is 0 Å². The van der Waals surface area contributed by atoms with Gasteiger partial charge in [0.1, 0.15) is 0 Å². The van der Waals surface area contributed by atoms with Gasteiger partial charge in [-0.15, -0.1) is 0 Å². The number of hydrogen-bond donors (Lipinski definition) is 2. The first-order valence-corrected chi connectivity index (χ1v) is 5.62. The van der Waals surface area contributed by atoms with Gasteiger partial charge in [-0.1, -0.05) is 23.7 Å². The molecule has 0 heterocycles. The van der Waals surface area contributed by atoms with Crippen molar-refractivity contribution >= 4 is 17.6 Å². The number of halogens is 1. The molecule has 2 N–H and O–H groups in total. The molecule has 0 aliphatic heterocycles. The molecule has 0 saturated heterocycles. The topological polar surface area (TPSA) is 60.8 Å². The second-order valence-corrected chi connectivity index (χ2v) is 4.52. The van der Waals surface area contributed by atoms with Crippen LogP contribution in [-0.4, -0.2) is 41.2 Å². The van der Waals surface area contributed by atoms with Crippen LogP contribution >= 0.6 is 11.6 Å². The van der Waals surface area contributed by atoms with Gasteiger partial charge in [0, 0.05) is 11.6 Å². The van der Waals surface area contributed by atoms with Crippen molar-refractivity contribution in [2.24, 2.45) is 0 Å². The Labute approximate surface area is 105 Å². The summed E-state index contributed by atoms with van der Waals surface area (Å²) in [5.74, 6) is -0.910. The molecule has 0 spiro atoms. The number of nitrogens with zero attached hydrogens (tertiary/aromatic N) is 1. The van der Waals surface area contributed by atoms with Crippen molar-refractivity contribution in [3.8, 4) is 0 Å². The summed E-state index contributed by atoms with van der Waals surface area (Å²) in [4.78, 5) is 12.0. The summed E-state index contributed by atoms with van der Waals surface area (Å²) in [6, 6.07) is 5.28. The average Bonchev–Trinajstić information content (AvgIpc) is 2.20. The number of carboxylic acids is 1. The third kappa shape index (κ3) is 4.34. The van der Waals surface area contributed by atoms with E-state index in [0.717, 1.165) is 11.1 Å². The lowest BCUT2D eigenvalue weighted by Crippen LogP contribution is -2.29. The summed E-state index contributed by atoms with van der Waals surface area (Å²) in [7, 11) is 1.65. The van der Waals surface area contributed by atoms with Gasteiger partial charge in [0.2, 0.25) is 0 Å². The van der Waals surface area contributed by atoms with E-state index in [0.29, 0.717) is 5.02 Å². The highest BCUT2D eigenvalue weighted by atomic mass is 35.5. The van der Waals surface area contributed by atoms with Crippen LogP contribution in [0.4, 0.5) is 0 Å². The monoisotopic (exact) mass is 257 g/mol. The highest BCUT2D eigenvalue weighted by molar-refractivity contribution is 6.31. The standard InChI is InChI=1S/C12H16ClNO3/c1-8-5-9(3-4-10(8)13)11(15)6-14(2)7-12(16)17/h3-5,11,15H,6-7H2,1-2H3,(H,16,17). The van der Waals surface area contributed by atoms with Gasteiger partial charge in [0.15, 0.2) is 0 Å². The van der Waals surface area contributed by atoms with Gasteiger partial charge < -0.3 is 10.2 Å². The number of benzene rings is 1. The third-order valence-corrected chi connectivity index (χ3v) is 2.88. The van der Waals surface area contributed by atoms with Crippen LogP contribution in [0.25, 0.3) is 0 Å². The number of aryl methyl sites for hydroxylation is 1. The fraction of sp³-hybridized carbons (Fsp3) is 0.417. The summed E-state index contributed by atoms with van der Waals surface area (Å²) in [6.07, 6.45) is -0.713. The Bertz CT molecular complexity index is 409. The Morgan fingerprint density at radius 1 is 1.53 bits per heavy atom. The van der Waals surface area contributed by atoms with E-state index < -0.39 is 12.1 Å². The van der Waals surface area contributed by atoms with E-state index in [-0.39, 0.29) is 13.1 Å². The summed E-state index contributed by atoms with van der Waals surface area (Å²) >= 11 is 5.89. The molecular weight excluding hydrogens is 242 g/mol. The molecule has 1 aromatic rings. The second kappa shape index (κ2) is 6.00. The fourth-order valence-corrected chi connectivity index (χ4v) is 1.69. The minimum Gasteiger partial charge on any atom is -0.480 e. The Balaban J connectivity index is 2.66. The average molecular weight is 258 g/mol. The van der Waals surface area contributed by atoms with Crippen molar-refractivity contribution in [3.63, 3.8) is 0 Å². The van der Waals surface area contributed by atoms with E-state index in [2.05, 4.69) is 0 Å². The molecule has 1 atom stereocenters. The second-order valence-electron chi connectivity index (χ2n) is 4.11. The Morgan fingerprint density at radius 2 is 2.18 bits per heavy atom. The van der Waals surface area contributed by atoms with Gasteiger partial charge >= 0.3 is 5.97 Å². The molecule has 0 aliphatic carbocycles. The molecule has 94 valence electrons. The van der Waals surface area contributed by atoms with Crippen LogP contribution in [0.1, 0.15) is 17.2 Å². The van der Waals surface area contributed by atoms with E-state index in [9.17, 15) is 9.90 Å². The minimum absolute atomic E-state index is 0.0936. The number of hydrogen-bond acceptors (Lipinski definition) is 3. The molecule has 17 heavy (non-hydrogen) atoms. The lowest BCUT2D eigenvalue weighted by atomic mass is 10.1. The van der Waals surface area contributed by atoms with Crippen LogP contribution in [0.2, 0.25) is 5.02 Å². The number of carbonyl (C=O) groups is 1. The number of rotatable bonds is 5. The van der Waals surface area contributed by atoms with E-state index in [1.807, 2.05) is 13.0 Å². The third-order valence-electron chi connectivity index (χ3n) is 2.46. The normalized spacial score (nSPS) is 12.8. The molecule has 5 heteroatoms. The van der Waals surface area contributed by atoms with Crippen molar-refractivity contribution in [3.05, 3.63) is 34.3 Å². The summed E-state index contributed by atoms with van der Waals surface area (Å²) in [5, 5.41) is 19.2. The first kappa shape index (κ1) is 14.0. The van der Waals surface area contributed by atoms with Gasteiger partial charge in [0.05, 0.1) is 12.6 Å². The Kier molecular flexibility index (Phi) is 4.93. The molecule has 0 radical (unpaired) electrons. The first-order chi connectivity index (χ1) is 7.90. The molecule has 0 aromatic heterocycles. The summed E-state index contributed by atoms with van der Waals surface area (Å²) in [5.41, 5.74) is 1.63. The fourth-order valence-electron chi connectivity index (χ4n) is 1.57. The van der Waals surface area contributed by atoms with E-state index in [1.165, 1.54) is 0 Å². The van der Waals surface area contributed by atoms with Gasteiger partial charge in [0.25, 0.3) is 0 Å². The molecular formula is C12H16ClNO3. The van der Waals surface area contributed by atoms with Crippen molar-refractivity contribution in [2.75, 3.05) is 20.1 Å². The number of aliphatic hydroxyl groups is 1. The lowest BCUT2D eigenvalue weighted by Gasteiger charge is -2.19. The zero-order chi connectivity index (χ0) is 13.0. The van der Waals surface area contributed by atoms with Crippen LogP contribution in [0.5, 0.6) is 0 Å². The maximum atomic E-state index is 10.5. The van der Waals surface area contributed by atoms with Gasteiger partial charge in [-0.05, 0) is 31.2 Å². The SMILES string of the molecule is Cc1cc(C(O)CN(C)CC(=O)O)ccc1Cl. The Morgan fingerprint density at radius 3 is 2.71 bits per heavy atom.